The number of carbonyl (C=O) groups excluding carboxylic acids is 1. The molecule has 0 radical (unpaired) electrons. The number of benzene rings is 1. The Labute approximate surface area is 140 Å². The standard InChI is InChI=1S/C15H14BrN3O2S/c1-9-6-17-15-19(14(9)21)7-10(8-22-15)13(20)18-12-4-2-3-11(16)5-12/h2-6,10H,7-8H2,1H3,(H,18,20). The normalized spacial score (nSPS) is 16.9. The number of amides is 1. The van der Waals surface area contributed by atoms with Crippen LogP contribution in [0.3, 0.4) is 0 Å². The molecule has 2 aromatic rings. The summed E-state index contributed by atoms with van der Waals surface area (Å²) in [5.74, 6) is 0.289. The van der Waals surface area contributed by atoms with Gasteiger partial charge in [0.25, 0.3) is 5.56 Å². The predicted octanol–water partition coefficient (Wildman–Crippen LogP) is 2.67. The number of anilines is 1. The highest BCUT2D eigenvalue weighted by Crippen LogP contribution is 2.26. The van der Waals surface area contributed by atoms with Crippen LogP contribution in [0.1, 0.15) is 5.56 Å². The molecular weight excluding hydrogens is 366 g/mol. The number of hydrogen-bond donors (Lipinski definition) is 1. The second-order valence-corrected chi connectivity index (χ2v) is 7.05. The molecule has 3 rings (SSSR count). The third-order valence-electron chi connectivity index (χ3n) is 3.46. The van der Waals surface area contributed by atoms with Gasteiger partial charge in [-0.2, -0.15) is 0 Å². The molecule has 1 aromatic heterocycles. The molecule has 1 unspecified atom stereocenters. The van der Waals surface area contributed by atoms with Gasteiger partial charge in [0.1, 0.15) is 0 Å². The minimum Gasteiger partial charge on any atom is -0.326 e. The third kappa shape index (κ3) is 3.10. The van der Waals surface area contributed by atoms with Crippen molar-refractivity contribution >= 4 is 39.3 Å². The number of nitrogens with zero attached hydrogens (tertiary/aromatic N) is 2. The van der Waals surface area contributed by atoms with E-state index in [4.69, 9.17) is 0 Å². The molecule has 22 heavy (non-hydrogen) atoms. The van der Waals surface area contributed by atoms with Gasteiger partial charge in [-0.05, 0) is 25.1 Å². The highest BCUT2D eigenvalue weighted by Gasteiger charge is 2.27. The summed E-state index contributed by atoms with van der Waals surface area (Å²) >= 11 is 4.82. The summed E-state index contributed by atoms with van der Waals surface area (Å²) in [5.41, 5.74) is 1.26. The highest BCUT2D eigenvalue weighted by molar-refractivity contribution is 9.10. The maximum atomic E-state index is 12.4. The number of fused-ring (bicyclic) bond motifs is 1. The lowest BCUT2D eigenvalue weighted by Gasteiger charge is -2.24. The minimum absolute atomic E-state index is 0.0718. The Morgan fingerprint density at radius 3 is 3.09 bits per heavy atom. The molecule has 1 amide bonds. The predicted molar refractivity (Wildman–Crippen MR) is 90.2 cm³/mol. The van der Waals surface area contributed by atoms with E-state index in [1.807, 2.05) is 24.3 Å². The lowest BCUT2D eigenvalue weighted by Crippen LogP contribution is -2.37. The van der Waals surface area contributed by atoms with Crippen LogP contribution >= 0.6 is 27.7 Å². The Balaban J connectivity index is 1.78. The van der Waals surface area contributed by atoms with Gasteiger partial charge >= 0.3 is 0 Å². The average Bonchev–Trinajstić information content (AvgIpc) is 2.51. The molecular formula is C15H14BrN3O2S. The first kappa shape index (κ1) is 15.3. The van der Waals surface area contributed by atoms with Gasteiger partial charge in [0, 0.05) is 34.2 Å². The zero-order valence-electron chi connectivity index (χ0n) is 11.9. The van der Waals surface area contributed by atoms with Crippen LogP contribution in [0.5, 0.6) is 0 Å². The van der Waals surface area contributed by atoms with E-state index in [1.54, 1.807) is 17.7 Å². The van der Waals surface area contributed by atoms with E-state index in [9.17, 15) is 9.59 Å². The Hall–Kier alpha value is -1.60. The fraction of sp³-hybridized carbons (Fsp3) is 0.267. The van der Waals surface area contributed by atoms with Crippen molar-refractivity contribution in [2.24, 2.45) is 5.92 Å². The molecule has 1 atom stereocenters. The molecule has 0 aliphatic carbocycles. The van der Waals surface area contributed by atoms with Crippen molar-refractivity contribution in [3.63, 3.8) is 0 Å². The van der Waals surface area contributed by atoms with Crippen LogP contribution in [-0.4, -0.2) is 21.2 Å². The van der Waals surface area contributed by atoms with Gasteiger partial charge in [-0.15, -0.1) is 0 Å². The summed E-state index contributed by atoms with van der Waals surface area (Å²) in [6.07, 6.45) is 1.59. The van der Waals surface area contributed by atoms with Crippen molar-refractivity contribution in [1.82, 2.24) is 9.55 Å². The van der Waals surface area contributed by atoms with Gasteiger partial charge in [-0.25, -0.2) is 4.98 Å². The van der Waals surface area contributed by atoms with Crippen molar-refractivity contribution in [2.45, 2.75) is 18.6 Å². The van der Waals surface area contributed by atoms with Gasteiger partial charge in [-0.3, -0.25) is 14.2 Å². The zero-order valence-corrected chi connectivity index (χ0v) is 14.3. The molecule has 0 saturated heterocycles. The lowest BCUT2D eigenvalue weighted by molar-refractivity contribution is -0.119. The Kier molecular flexibility index (Phi) is 4.35. The molecule has 1 aliphatic rings. The number of aromatic nitrogens is 2. The van der Waals surface area contributed by atoms with Crippen molar-refractivity contribution < 1.29 is 4.79 Å². The maximum absolute atomic E-state index is 12.4. The molecule has 1 aromatic carbocycles. The number of halogens is 1. The quantitative estimate of drug-likeness (QED) is 0.814. The van der Waals surface area contributed by atoms with Crippen molar-refractivity contribution in [2.75, 3.05) is 11.1 Å². The van der Waals surface area contributed by atoms with Gasteiger partial charge in [-0.1, -0.05) is 33.8 Å². The average molecular weight is 380 g/mol. The largest absolute Gasteiger partial charge is 0.326 e. The second-order valence-electron chi connectivity index (χ2n) is 5.15. The highest BCUT2D eigenvalue weighted by atomic mass is 79.9. The third-order valence-corrected chi connectivity index (χ3v) is 5.11. The van der Waals surface area contributed by atoms with Crippen LogP contribution in [0, 0.1) is 12.8 Å². The summed E-state index contributed by atoms with van der Waals surface area (Å²) in [7, 11) is 0. The minimum atomic E-state index is -0.252. The fourth-order valence-corrected chi connectivity index (χ4v) is 3.72. The first-order valence-corrected chi connectivity index (χ1v) is 8.58. The van der Waals surface area contributed by atoms with Crippen LogP contribution in [0.2, 0.25) is 0 Å². The van der Waals surface area contributed by atoms with E-state index < -0.39 is 0 Å². The number of rotatable bonds is 2. The topological polar surface area (TPSA) is 64.0 Å². The second kappa shape index (κ2) is 6.26. The Morgan fingerprint density at radius 1 is 1.50 bits per heavy atom. The van der Waals surface area contributed by atoms with Crippen molar-refractivity contribution in [3.05, 3.63) is 50.9 Å². The van der Waals surface area contributed by atoms with Gasteiger partial charge in [0.2, 0.25) is 5.91 Å². The Bertz CT molecular complexity index is 791. The monoisotopic (exact) mass is 379 g/mol. The van der Waals surface area contributed by atoms with E-state index in [-0.39, 0.29) is 17.4 Å². The molecule has 1 aliphatic heterocycles. The maximum Gasteiger partial charge on any atom is 0.257 e. The summed E-state index contributed by atoms with van der Waals surface area (Å²) in [6.45, 7) is 2.11. The van der Waals surface area contributed by atoms with Crippen LogP contribution in [-0.2, 0) is 11.3 Å². The molecule has 0 saturated carbocycles. The zero-order chi connectivity index (χ0) is 15.7. The first-order chi connectivity index (χ1) is 10.5. The summed E-state index contributed by atoms with van der Waals surface area (Å²) < 4.78 is 2.50. The molecule has 0 bridgehead atoms. The van der Waals surface area contributed by atoms with Gasteiger partial charge in [0.05, 0.1) is 5.92 Å². The number of aryl methyl sites for hydroxylation is 1. The number of nitrogens with one attached hydrogen (secondary N) is 1. The molecule has 0 fully saturated rings. The van der Waals surface area contributed by atoms with E-state index in [1.165, 1.54) is 11.8 Å². The van der Waals surface area contributed by atoms with E-state index >= 15 is 0 Å². The van der Waals surface area contributed by atoms with Crippen LogP contribution in [0.4, 0.5) is 5.69 Å². The number of hydrogen-bond acceptors (Lipinski definition) is 4. The van der Waals surface area contributed by atoms with Crippen molar-refractivity contribution in [1.29, 1.82) is 0 Å². The van der Waals surface area contributed by atoms with Crippen LogP contribution < -0.4 is 10.9 Å². The van der Waals surface area contributed by atoms with E-state index in [2.05, 4.69) is 26.2 Å². The van der Waals surface area contributed by atoms with Crippen molar-refractivity contribution in [3.8, 4) is 0 Å². The molecule has 0 spiro atoms. The van der Waals surface area contributed by atoms with E-state index in [0.29, 0.717) is 23.0 Å². The molecule has 114 valence electrons. The summed E-state index contributed by atoms with van der Waals surface area (Å²) in [5, 5.41) is 3.58. The van der Waals surface area contributed by atoms with Gasteiger partial charge in [0.15, 0.2) is 5.16 Å². The number of carbonyl (C=O) groups is 1. The lowest BCUT2D eigenvalue weighted by atomic mass is 10.1. The molecule has 1 N–H and O–H groups in total. The summed E-state index contributed by atoms with van der Waals surface area (Å²) in [6, 6.07) is 7.45. The molecule has 2 heterocycles. The molecule has 5 nitrogen and oxygen atoms in total. The van der Waals surface area contributed by atoms with Crippen LogP contribution in [0.25, 0.3) is 0 Å². The summed E-state index contributed by atoms with van der Waals surface area (Å²) in [4.78, 5) is 28.8. The first-order valence-electron chi connectivity index (χ1n) is 6.80. The van der Waals surface area contributed by atoms with Crippen LogP contribution in [0.15, 0.2) is 44.9 Å². The van der Waals surface area contributed by atoms with Gasteiger partial charge < -0.3 is 5.32 Å². The number of thioether (sulfide) groups is 1. The fourth-order valence-electron chi connectivity index (χ4n) is 2.27. The van der Waals surface area contributed by atoms with E-state index in [0.717, 1.165) is 10.2 Å². The Morgan fingerprint density at radius 2 is 2.32 bits per heavy atom. The molecule has 7 heteroatoms. The SMILES string of the molecule is Cc1cnc2n(c1=O)CC(C(=O)Nc1cccc(Br)c1)CS2. The smallest absolute Gasteiger partial charge is 0.257 e.